The molecular formula is C19H20N2O3. The molecule has 0 spiro atoms. The number of amides is 1. The first-order valence-electron chi connectivity index (χ1n) is 8.46. The quantitative estimate of drug-likeness (QED) is 0.878. The van der Waals surface area contributed by atoms with Crippen molar-refractivity contribution in [2.75, 3.05) is 6.61 Å². The summed E-state index contributed by atoms with van der Waals surface area (Å²) in [5.74, 6) is 0.151. The molecule has 24 heavy (non-hydrogen) atoms. The fraction of sp³-hybridized carbons (Fsp3) is 0.368. The summed E-state index contributed by atoms with van der Waals surface area (Å²) in [6.07, 6.45) is 7.03. The molecule has 5 nitrogen and oxygen atoms in total. The Hall–Kier alpha value is -2.56. The number of rotatable bonds is 4. The van der Waals surface area contributed by atoms with E-state index in [0.717, 1.165) is 35.7 Å². The van der Waals surface area contributed by atoms with E-state index in [1.54, 1.807) is 13.0 Å². The first kappa shape index (κ1) is 15.0. The fourth-order valence-electron chi connectivity index (χ4n) is 3.76. The molecule has 2 heterocycles. The molecule has 2 bridgehead atoms. The highest BCUT2D eigenvalue weighted by atomic mass is 16.5. The van der Waals surface area contributed by atoms with Gasteiger partial charge in [-0.3, -0.25) is 4.79 Å². The topological polar surface area (TPSA) is 62.4 Å². The minimum Gasteiger partial charge on any atom is -0.461 e. The molecule has 0 unspecified atom stereocenters. The first-order valence-corrected chi connectivity index (χ1v) is 8.46. The Morgan fingerprint density at radius 3 is 3.00 bits per heavy atom. The van der Waals surface area contributed by atoms with Gasteiger partial charge in [0.1, 0.15) is 5.69 Å². The monoisotopic (exact) mass is 324 g/mol. The van der Waals surface area contributed by atoms with Crippen LogP contribution in [-0.2, 0) is 9.53 Å². The van der Waals surface area contributed by atoms with Gasteiger partial charge in [0.15, 0.2) is 0 Å². The van der Waals surface area contributed by atoms with E-state index in [1.807, 2.05) is 35.4 Å². The van der Waals surface area contributed by atoms with Crippen molar-refractivity contribution in [2.24, 2.45) is 5.92 Å². The minimum atomic E-state index is -0.343. The number of esters is 1. The molecule has 1 saturated heterocycles. The van der Waals surface area contributed by atoms with Gasteiger partial charge in [-0.25, -0.2) is 4.79 Å². The number of benzene rings is 1. The van der Waals surface area contributed by atoms with Crippen LogP contribution < -0.4 is 0 Å². The lowest BCUT2D eigenvalue weighted by Crippen LogP contribution is -2.32. The summed E-state index contributed by atoms with van der Waals surface area (Å²) in [4.78, 5) is 28.9. The Morgan fingerprint density at radius 2 is 2.25 bits per heavy atom. The van der Waals surface area contributed by atoms with Crippen molar-refractivity contribution in [1.29, 1.82) is 0 Å². The third-order valence-corrected chi connectivity index (χ3v) is 4.97. The predicted octanol–water partition coefficient (Wildman–Crippen LogP) is 3.33. The zero-order chi connectivity index (χ0) is 16.7. The maximum absolute atomic E-state index is 12.2. The molecule has 2 atom stereocenters. The van der Waals surface area contributed by atoms with Gasteiger partial charge in [-0.1, -0.05) is 6.07 Å². The average Bonchev–Trinajstić information content (AvgIpc) is 3.27. The van der Waals surface area contributed by atoms with Crippen molar-refractivity contribution in [3.05, 3.63) is 41.7 Å². The Kier molecular flexibility index (Phi) is 3.63. The number of likely N-dealkylation sites (tertiary alicyclic amines) is 1. The molecule has 0 radical (unpaired) electrons. The number of aromatic nitrogens is 1. The molecule has 2 aromatic rings. The van der Waals surface area contributed by atoms with E-state index in [2.05, 4.69) is 4.98 Å². The minimum absolute atomic E-state index is 0.235. The number of hydrogen-bond acceptors (Lipinski definition) is 3. The highest BCUT2D eigenvalue weighted by Crippen LogP contribution is 2.38. The summed E-state index contributed by atoms with van der Waals surface area (Å²) in [6.45, 7) is 2.14. The van der Waals surface area contributed by atoms with E-state index in [1.165, 1.54) is 0 Å². The highest BCUT2D eigenvalue weighted by molar-refractivity contribution is 5.95. The van der Waals surface area contributed by atoms with Gasteiger partial charge in [-0.2, -0.15) is 0 Å². The van der Waals surface area contributed by atoms with Crippen LogP contribution in [0, 0.1) is 5.92 Å². The van der Waals surface area contributed by atoms with E-state index in [4.69, 9.17) is 4.74 Å². The number of hydrogen-bond donors (Lipinski definition) is 1. The summed E-state index contributed by atoms with van der Waals surface area (Å²) in [5, 5.41) is 0.953. The van der Waals surface area contributed by atoms with E-state index in [-0.39, 0.29) is 17.8 Å². The van der Waals surface area contributed by atoms with Crippen molar-refractivity contribution < 1.29 is 14.3 Å². The Morgan fingerprint density at radius 1 is 1.38 bits per heavy atom. The zero-order valence-electron chi connectivity index (χ0n) is 13.6. The van der Waals surface area contributed by atoms with Gasteiger partial charge in [0, 0.05) is 29.1 Å². The van der Waals surface area contributed by atoms with Crippen LogP contribution in [0.4, 0.5) is 0 Å². The number of aromatic amines is 1. The second-order valence-corrected chi connectivity index (χ2v) is 6.48. The number of carbonyl (C=O) groups excluding carboxylic acids is 2. The van der Waals surface area contributed by atoms with Gasteiger partial charge in [-0.15, -0.1) is 0 Å². The van der Waals surface area contributed by atoms with Gasteiger partial charge in [-0.05, 0) is 56.0 Å². The number of H-pyrrole nitrogens is 1. The molecule has 1 aromatic heterocycles. The maximum Gasteiger partial charge on any atom is 0.354 e. The molecule has 1 N–H and O–H groups in total. The summed E-state index contributed by atoms with van der Waals surface area (Å²) >= 11 is 0. The van der Waals surface area contributed by atoms with Crippen molar-refractivity contribution >= 4 is 28.9 Å². The lowest BCUT2D eigenvalue weighted by Gasteiger charge is -2.23. The SMILES string of the molecule is CCOC(=O)c1cc2cc(C=CN3C(=O)[C@@H]4CC[C@H]3C4)ccc2[nH]1. The van der Waals surface area contributed by atoms with Crippen molar-refractivity contribution in [3.63, 3.8) is 0 Å². The van der Waals surface area contributed by atoms with Crippen LogP contribution in [0.15, 0.2) is 30.5 Å². The van der Waals surface area contributed by atoms with E-state index < -0.39 is 0 Å². The molecule has 1 amide bonds. The third kappa shape index (κ3) is 2.50. The Labute approximate surface area is 140 Å². The van der Waals surface area contributed by atoms with Gasteiger partial charge < -0.3 is 14.6 Å². The van der Waals surface area contributed by atoms with Crippen LogP contribution in [0.5, 0.6) is 0 Å². The first-order chi connectivity index (χ1) is 11.7. The predicted molar refractivity (Wildman–Crippen MR) is 91.3 cm³/mol. The smallest absolute Gasteiger partial charge is 0.354 e. The molecule has 4 rings (SSSR count). The van der Waals surface area contributed by atoms with Crippen molar-refractivity contribution in [2.45, 2.75) is 32.2 Å². The van der Waals surface area contributed by atoms with Crippen molar-refractivity contribution in [1.82, 2.24) is 9.88 Å². The van der Waals surface area contributed by atoms with Gasteiger partial charge in [0.2, 0.25) is 5.91 Å². The summed E-state index contributed by atoms with van der Waals surface area (Å²) in [7, 11) is 0. The van der Waals surface area contributed by atoms with Gasteiger partial charge >= 0.3 is 5.97 Å². The number of nitrogens with zero attached hydrogens (tertiary/aromatic N) is 1. The maximum atomic E-state index is 12.2. The molecular weight excluding hydrogens is 304 g/mol. The zero-order valence-corrected chi connectivity index (χ0v) is 13.6. The summed E-state index contributed by atoms with van der Waals surface area (Å²) in [6, 6.07) is 8.10. The molecule has 1 aromatic carbocycles. The summed E-state index contributed by atoms with van der Waals surface area (Å²) < 4.78 is 5.01. The molecule has 2 fully saturated rings. The van der Waals surface area contributed by atoms with Crippen LogP contribution in [0.1, 0.15) is 42.2 Å². The van der Waals surface area contributed by atoms with Crippen LogP contribution in [-0.4, -0.2) is 34.4 Å². The van der Waals surface area contributed by atoms with E-state index >= 15 is 0 Å². The van der Waals surface area contributed by atoms with E-state index in [9.17, 15) is 9.59 Å². The van der Waals surface area contributed by atoms with Gasteiger partial charge in [0.05, 0.1) is 6.61 Å². The lowest BCUT2D eigenvalue weighted by atomic mass is 10.1. The second kappa shape index (κ2) is 5.82. The molecule has 5 heteroatoms. The molecule has 124 valence electrons. The van der Waals surface area contributed by atoms with Crippen LogP contribution >= 0.6 is 0 Å². The lowest BCUT2D eigenvalue weighted by molar-refractivity contribution is -0.131. The highest BCUT2D eigenvalue weighted by Gasteiger charge is 2.43. The van der Waals surface area contributed by atoms with E-state index in [0.29, 0.717) is 18.3 Å². The number of nitrogens with one attached hydrogen (secondary N) is 1. The molecule has 1 saturated carbocycles. The fourth-order valence-corrected chi connectivity index (χ4v) is 3.76. The Bertz CT molecular complexity index is 836. The standard InChI is InChI=1S/C19H20N2O3/c1-2-24-19(23)17-11-14-9-12(3-6-16(14)20-17)7-8-21-15-5-4-13(10-15)18(21)22/h3,6-9,11,13,15,20H,2,4-5,10H2,1H3/t13-,15+/m1/s1. The molecule has 1 aliphatic heterocycles. The van der Waals surface area contributed by atoms with Crippen LogP contribution in [0.2, 0.25) is 0 Å². The number of fused-ring (bicyclic) bond motifs is 3. The van der Waals surface area contributed by atoms with Crippen LogP contribution in [0.25, 0.3) is 17.0 Å². The molecule has 2 aliphatic rings. The summed E-state index contributed by atoms with van der Waals surface area (Å²) in [5.41, 5.74) is 2.36. The average molecular weight is 324 g/mol. The normalized spacial score (nSPS) is 22.9. The van der Waals surface area contributed by atoms with Crippen LogP contribution in [0.3, 0.4) is 0 Å². The van der Waals surface area contributed by atoms with Crippen molar-refractivity contribution in [3.8, 4) is 0 Å². The second-order valence-electron chi connectivity index (χ2n) is 6.48. The number of piperidine rings is 1. The largest absolute Gasteiger partial charge is 0.461 e. The van der Waals surface area contributed by atoms with Gasteiger partial charge in [0.25, 0.3) is 0 Å². The third-order valence-electron chi connectivity index (χ3n) is 4.97. The number of carbonyl (C=O) groups is 2. The molecule has 1 aliphatic carbocycles. The Balaban J connectivity index is 1.55. The number of ether oxygens (including phenoxy) is 1.